The van der Waals surface area contributed by atoms with Gasteiger partial charge in [-0.3, -0.25) is 39.0 Å². The molecule has 1 aromatic carbocycles. The Kier molecular flexibility index (Phi) is 20.8. The van der Waals surface area contributed by atoms with Gasteiger partial charge in [0.05, 0.1) is 41.7 Å². The molecule has 3 saturated heterocycles. The molecule has 76 heavy (non-hydrogen) atoms. The predicted molar refractivity (Wildman–Crippen MR) is 281 cm³/mol. The number of alkyl carbamates (subject to hydrolysis) is 1. The van der Waals surface area contributed by atoms with E-state index < -0.39 is 108 Å². The van der Waals surface area contributed by atoms with Gasteiger partial charge in [0.25, 0.3) is 0 Å². The van der Waals surface area contributed by atoms with Crippen molar-refractivity contribution in [2.45, 2.75) is 171 Å². The normalized spacial score (nSPS) is 31.0. The van der Waals surface area contributed by atoms with Gasteiger partial charge in [-0.15, -0.1) is 11.8 Å². The van der Waals surface area contributed by atoms with E-state index in [0.29, 0.717) is 74.6 Å². The Morgan fingerprint density at radius 1 is 1.04 bits per heavy atom. The number of Topliss-reactive ketones (excluding diaryl/α,β-unsaturated/α-hetero) is 1. The number of carbonyl (C=O) groups excluding carboxylic acids is 7. The second-order valence-electron chi connectivity index (χ2n) is 21.5. The van der Waals surface area contributed by atoms with Gasteiger partial charge >= 0.3 is 18.0 Å². The number of ketones is 1. The number of nitrogens with one attached hydrogen (secondary N) is 1. The number of amides is 5. The third kappa shape index (κ3) is 14.6. The molecule has 2 unspecified atom stereocenters. The van der Waals surface area contributed by atoms with E-state index in [2.05, 4.69) is 5.32 Å². The number of likely N-dealkylation sites (tertiary alicyclic amines) is 1. The summed E-state index contributed by atoms with van der Waals surface area (Å²) in [7, 11) is 2.95. The second-order valence-corrected chi connectivity index (χ2v) is 23.2. The number of carbonyl (C=O) groups is 8. The van der Waals surface area contributed by atoms with E-state index in [1.54, 1.807) is 44.2 Å². The van der Waals surface area contributed by atoms with Crippen LogP contribution >= 0.6 is 23.4 Å². The first kappa shape index (κ1) is 60.3. The molecular formula is C54H76ClN5O15S. The van der Waals surface area contributed by atoms with Crippen molar-refractivity contribution >= 4 is 76.5 Å². The number of thioether (sulfide) groups is 1. The van der Waals surface area contributed by atoms with Crippen molar-refractivity contribution in [1.29, 1.82) is 0 Å². The van der Waals surface area contributed by atoms with Crippen LogP contribution in [0.3, 0.4) is 0 Å². The molecule has 1 aliphatic carbocycles. The maximum absolute atomic E-state index is 14.4. The smallest absolute Gasteiger partial charge is 0.409 e. The fraction of sp³-hybridized carbons (Fsp3) is 0.667. The molecule has 0 radical (unpaired) electrons. The van der Waals surface area contributed by atoms with Gasteiger partial charge < -0.3 is 50.2 Å². The molecule has 0 spiro atoms. The molecule has 22 heteroatoms. The van der Waals surface area contributed by atoms with Crippen LogP contribution in [-0.4, -0.2) is 158 Å². The molecule has 10 atom stereocenters. The van der Waals surface area contributed by atoms with Crippen LogP contribution in [0.5, 0.6) is 0 Å². The number of nitrogens with two attached hydrogens (primary N) is 1. The predicted octanol–water partition coefficient (Wildman–Crippen LogP) is 4.58. The van der Waals surface area contributed by atoms with Gasteiger partial charge in [-0.05, 0) is 88.8 Å². The number of ether oxygens (including phenoxy) is 3. The number of hydrogen-bond acceptors (Lipinski definition) is 16. The number of nitrogens with zero attached hydrogens (tertiary/aromatic N) is 3. The van der Waals surface area contributed by atoms with Crippen molar-refractivity contribution in [1.82, 2.24) is 15.1 Å². The van der Waals surface area contributed by atoms with Crippen LogP contribution in [0.2, 0.25) is 5.02 Å². The number of imide groups is 1. The summed E-state index contributed by atoms with van der Waals surface area (Å²) in [4.78, 5) is 109. The van der Waals surface area contributed by atoms with Gasteiger partial charge in [0, 0.05) is 69.8 Å². The van der Waals surface area contributed by atoms with Gasteiger partial charge in [-0.25, -0.2) is 9.59 Å². The zero-order chi connectivity index (χ0) is 55.8. The van der Waals surface area contributed by atoms with Gasteiger partial charge in [-0.1, -0.05) is 61.2 Å². The number of benzene rings is 1. The SMILES string of the molecule is C/C1=C\C=C\[C@@H](CO)[C@@]2(O)C[C@H](OC(=O)N2)[C@@H](C)[C@@H]2O[C@@]2(C)C(OC(=O)[C@H](C)N(C)C(=O)CCSC2CC(=O)N(CC3CCC(C(=O)CCCCC[C@H](N)C(=O)O)CC3)C2=O)CC(=O)N(C)c2cc(cc(CO)c2Cl)C1. The minimum Gasteiger partial charge on any atom is -0.480 e. The molecule has 4 bridgehead atoms. The van der Waals surface area contributed by atoms with Gasteiger partial charge in [0.15, 0.2) is 5.72 Å². The standard InChI is InChI=1S/C54H76ClN5O15S/c1-30-11-10-12-37(29-62)54(72)26-41(73-52(71)57-54)31(2)48-53(4,75-48)43(25-45(65)59(6)39-23-34(21-30)22-36(28-61)47(39)55)74-51(70)32(3)58(5)44(64)19-20-76-42-24-46(66)60(49(42)67)27-33-15-17-35(18-16-33)40(63)14-9-7-8-13-38(56)50(68)69/h10-12,22-23,31-33,35,37-38,41-43,48,61-62,72H,7-9,13-21,24-29,56H2,1-6H3,(H,57,71)(H,68,69)/b12-10+,30-11+/t31-,32+,33?,35?,37+,38+,41+,42?,43?,48+,53+,54+/m1/s1. The van der Waals surface area contributed by atoms with E-state index in [0.717, 1.165) is 12.0 Å². The molecule has 5 amide bonds. The molecule has 1 saturated carbocycles. The molecular weight excluding hydrogens is 1030 g/mol. The second kappa shape index (κ2) is 26.2. The number of anilines is 1. The Morgan fingerprint density at radius 3 is 2.42 bits per heavy atom. The van der Waals surface area contributed by atoms with Crippen molar-refractivity contribution in [3.05, 3.63) is 52.1 Å². The lowest BCUT2D eigenvalue weighted by Gasteiger charge is -2.42. The number of fused-ring (bicyclic) bond motifs is 5. The van der Waals surface area contributed by atoms with Crippen LogP contribution in [0.25, 0.3) is 0 Å². The molecule has 0 aromatic heterocycles. The molecule has 4 aliphatic heterocycles. The first-order chi connectivity index (χ1) is 35.9. The number of esters is 1. The summed E-state index contributed by atoms with van der Waals surface area (Å²) < 4.78 is 18.1. The zero-order valence-electron chi connectivity index (χ0n) is 44.4. The van der Waals surface area contributed by atoms with Crippen molar-refractivity contribution in [2.75, 3.05) is 37.9 Å². The Bertz CT molecular complexity index is 2420. The Labute approximate surface area is 453 Å². The lowest BCUT2D eigenvalue weighted by Crippen LogP contribution is -2.62. The number of aliphatic hydroxyl groups is 3. The van der Waals surface area contributed by atoms with Crippen LogP contribution in [0.4, 0.5) is 10.5 Å². The summed E-state index contributed by atoms with van der Waals surface area (Å²) in [6, 6.07) is 1.39. The van der Waals surface area contributed by atoms with Crippen LogP contribution in [0.1, 0.15) is 122 Å². The summed E-state index contributed by atoms with van der Waals surface area (Å²) in [5.74, 6) is -4.67. The summed E-state index contributed by atoms with van der Waals surface area (Å²) in [5, 5.41) is 43.4. The number of likely N-dealkylation sites (N-methyl/N-ethyl adjacent to an activating group) is 1. The fourth-order valence-electron chi connectivity index (χ4n) is 10.8. The van der Waals surface area contributed by atoms with E-state index in [9.17, 15) is 53.7 Å². The Hall–Kier alpha value is -4.90. The lowest BCUT2D eigenvalue weighted by atomic mass is 9.79. The highest BCUT2D eigenvalue weighted by Crippen LogP contribution is 2.49. The lowest BCUT2D eigenvalue weighted by molar-refractivity contribution is -0.162. The monoisotopic (exact) mass is 1100 g/mol. The number of rotatable bonds is 19. The minimum absolute atomic E-state index is 0.00405. The first-order valence-corrected chi connectivity index (χ1v) is 27.8. The number of epoxide rings is 1. The molecule has 5 aliphatic rings. The Morgan fingerprint density at radius 2 is 1.75 bits per heavy atom. The number of aliphatic carboxylic acids is 1. The van der Waals surface area contributed by atoms with Crippen LogP contribution in [0, 0.1) is 23.7 Å². The zero-order valence-corrected chi connectivity index (χ0v) is 45.9. The van der Waals surface area contributed by atoms with E-state index in [1.807, 2.05) is 6.92 Å². The highest BCUT2D eigenvalue weighted by molar-refractivity contribution is 8.00. The van der Waals surface area contributed by atoms with Crippen molar-refractivity contribution in [3.63, 3.8) is 0 Å². The molecule has 4 heterocycles. The van der Waals surface area contributed by atoms with Gasteiger partial charge in [0.1, 0.15) is 35.7 Å². The van der Waals surface area contributed by atoms with Crippen LogP contribution < -0.4 is 16.0 Å². The number of unbranched alkanes of at least 4 members (excludes halogenated alkanes) is 2. The largest absolute Gasteiger partial charge is 0.480 e. The van der Waals surface area contributed by atoms with Gasteiger partial charge in [-0.2, -0.15) is 0 Å². The first-order valence-electron chi connectivity index (χ1n) is 26.4. The molecule has 1 aromatic rings. The highest BCUT2D eigenvalue weighted by Gasteiger charge is 2.64. The summed E-state index contributed by atoms with van der Waals surface area (Å²) in [6.45, 7) is 6.06. The molecule has 420 valence electrons. The number of hydrogen-bond donors (Lipinski definition) is 6. The summed E-state index contributed by atoms with van der Waals surface area (Å²) >= 11 is 7.97. The molecule has 20 nitrogen and oxygen atoms in total. The Balaban J connectivity index is 1.07. The number of allylic oxidation sites excluding steroid dienone is 3. The van der Waals surface area contributed by atoms with Crippen molar-refractivity contribution < 1.29 is 73.0 Å². The average molecular weight is 1100 g/mol. The molecule has 7 N–H and O–H groups in total. The highest BCUT2D eigenvalue weighted by atomic mass is 35.5. The number of carboxylic acids is 1. The average Bonchev–Trinajstić information content (AvgIpc) is 4.02. The van der Waals surface area contributed by atoms with Crippen LogP contribution in [-0.2, 0) is 60.8 Å². The summed E-state index contributed by atoms with van der Waals surface area (Å²) in [5.41, 5.74) is 4.52. The fourth-order valence-corrected chi connectivity index (χ4v) is 12.2. The quantitative estimate of drug-likeness (QED) is 0.0478. The van der Waals surface area contributed by atoms with Crippen LogP contribution in [0.15, 0.2) is 35.9 Å². The maximum atomic E-state index is 14.4. The van der Waals surface area contributed by atoms with E-state index in [-0.39, 0.29) is 66.0 Å². The number of halogens is 1. The third-order valence-corrected chi connectivity index (χ3v) is 17.7. The van der Waals surface area contributed by atoms with Gasteiger partial charge in [0.2, 0.25) is 23.6 Å². The molecule has 4 fully saturated rings. The van der Waals surface area contributed by atoms with E-state index >= 15 is 0 Å². The number of carboxylic acid groups (broad SMARTS) is 1. The number of aliphatic hydroxyl groups excluding tert-OH is 2. The third-order valence-electron chi connectivity index (χ3n) is 16.1. The summed E-state index contributed by atoms with van der Waals surface area (Å²) in [6.07, 6.45) is 6.45. The minimum atomic E-state index is -1.92. The van der Waals surface area contributed by atoms with Crippen molar-refractivity contribution in [2.24, 2.45) is 29.4 Å². The topological polar surface area (TPSA) is 296 Å². The molecule has 6 rings (SSSR count). The van der Waals surface area contributed by atoms with E-state index in [4.69, 9.17) is 36.7 Å². The van der Waals surface area contributed by atoms with Crippen molar-refractivity contribution in [3.8, 4) is 0 Å². The maximum Gasteiger partial charge on any atom is 0.409 e. The van der Waals surface area contributed by atoms with E-state index in [1.165, 1.54) is 47.5 Å².